The Morgan fingerprint density at radius 3 is 2.89 bits per heavy atom. The maximum atomic E-state index is 9.76. The Labute approximate surface area is 57.6 Å². The van der Waals surface area contributed by atoms with Crippen LogP contribution in [0.3, 0.4) is 0 Å². The molecule has 0 aliphatic heterocycles. The summed E-state index contributed by atoms with van der Waals surface area (Å²) in [6.45, 7) is 2.04. The molecular formula is C5H10NO2S-. The van der Waals surface area contributed by atoms with Gasteiger partial charge in [0.1, 0.15) is 0 Å². The van der Waals surface area contributed by atoms with Gasteiger partial charge in [-0.25, -0.2) is 4.40 Å². The smallest absolute Gasteiger partial charge is 0.0673 e. The van der Waals surface area contributed by atoms with Crippen molar-refractivity contribution in [1.29, 1.82) is 0 Å². The summed E-state index contributed by atoms with van der Waals surface area (Å²) in [5.41, 5.74) is 0. The van der Waals surface area contributed by atoms with Crippen molar-refractivity contribution in [3.63, 3.8) is 0 Å². The van der Waals surface area contributed by atoms with Crippen molar-refractivity contribution in [2.24, 2.45) is 4.40 Å². The SMILES string of the molecule is CCCCC=NS(=O)[O-]. The molecule has 0 spiro atoms. The number of hydrogen-bond acceptors (Lipinski definition) is 2. The molecule has 54 valence electrons. The van der Waals surface area contributed by atoms with Crippen LogP contribution in [0.2, 0.25) is 0 Å². The van der Waals surface area contributed by atoms with Gasteiger partial charge in [0.15, 0.2) is 0 Å². The Bertz CT molecular complexity index is 114. The first-order chi connectivity index (χ1) is 4.27. The Balaban J connectivity index is 3.15. The van der Waals surface area contributed by atoms with Gasteiger partial charge in [-0.05, 0) is 12.8 Å². The lowest BCUT2D eigenvalue weighted by Gasteiger charge is -1.92. The second kappa shape index (κ2) is 5.91. The van der Waals surface area contributed by atoms with E-state index in [-0.39, 0.29) is 0 Å². The van der Waals surface area contributed by atoms with Crippen molar-refractivity contribution < 1.29 is 8.76 Å². The molecule has 0 heterocycles. The predicted molar refractivity (Wildman–Crippen MR) is 36.9 cm³/mol. The zero-order chi connectivity index (χ0) is 7.11. The molecule has 0 bridgehead atoms. The highest BCUT2D eigenvalue weighted by molar-refractivity contribution is 7.77. The molecule has 0 saturated carbocycles. The number of unbranched alkanes of at least 4 members (excludes halogenated alkanes) is 2. The van der Waals surface area contributed by atoms with Crippen LogP contribution in [0.4, 0.5) is 0 Å². The molecule has 0 aromatic rings. The van der Waals surface area contributed by atoms with E-state index in [1.807, 2.05) is 6.92 Å². The van der Waals surface area contributed by atoms with Crippen LogP contribution in [0.25, 0.3) is 0 Å². The summed E-state index contributed by atoms with van der Waals surface area (Å²) in [6, 6.07) is 0. The molecule has 9 heavy (non-hydrogen) atoms. The molecule has 1 atom stereocenters. The van der Waals surface area contributed by atoms with E-state index in [1.165, 1.54) is 6.21 Å². The monoisotopic (exact) mass is 148 g/mol. The molecule has 4 heteroatoms. The molecule has 0 aliphatic carbocycles. The molecule has 1 unspecified atom stereocenters. The fourth-order valence-electron chi connectivity index (χ4n) is 0.409. The van der Waals surface area contributed by atoms with Crippen LogP contribution in [0.1, 0.15) is 26.2 Å². The molecule has 0 rings (SSSR count). The van der Waals surface area contributed by atoms with E-state index in [4.69, 9.17) is 0 Å². The fourth-order valence-corrected chi connectivity index (χ4v) is 0.636. The predicted octanol–water partition coefficient (Wildman–Crippen LogP) is 1.04. The Hall–Kier alpha value is -0.220. The molecular weight excluding hydrogens is 138 g/mol. The third-order valence-corrected chi connectivity index (χ3v) is 1.17. The summed E-state index contributed by atoms with van der Waals surface area (Å²) in [6.07, 6.45) is 4.25. The zero-order valence-corrected chi connectivity index (χ0v) is 6.19. The average Bonchev–Trinajstić information content (AvgIpc) is 1.80. The Kier molecular flexibility index (Phi) is 5.76. The number of hydrogen-bond donors (Lipinski definition) is 0. The van der Waals surface area contributed by atoms with Gasteiger partial charge in [-0.1, -0.05) is 13.3 Å². The van der Waals surface area contributed by atoms with Crippen molar-refractivity contribution in [2.75, 3.05) is 0 Å². The number of rotatable bonds is 4. The van der Waals surface area contributed by atoms with Crippen LogP contribution in [0.15, 0.2) is 4.40 Å². The molecule has 0 radical (unpaired) electrons. The standard InChI is InChI=1S/C5H11NO2S/c1-2-3-4-5-6-9(7)8/h5H,2-4H2,1H3,(H,7,8)/p-1. The van der Waals surface area contributed by atoms with Gasteiger partial charge in [0.25, 0.3) is 0 Å². The van der Waals surface area contributed by atoms with Gasteiger partial charge in [-0.3, -0.25) is 4.21 Å². The summed E-state index contributed by atoms with van der Waals surface area (Å²) in [5.74, 6) is 0. The average molecular weight is 148 g/mol. The lowest BCUT2D eigenvalue weighted by Crippen LogP contribution is -1.81. The normalized spacial score (nSPS) is 14.4. The molecule has 0 aliphatic rings. The van der Waals surface area contributed by atoms with Gasteiger partial charge in [-0.15, -0.1) is 0 Å². The van der Waals surface area contributed by atoms with Gasteiger partial charge >= 0.3 is 0 Å². The van der Waals surface area contributed by atoms with E-state index >= 15 is 0 Å². The highest BCUT2D eigenvalue weighted by Gasteiger charge is 1.76. The Morgan fingerprint density at radius 1 is 1.78 bits per heavy atom. The van der Waals surface area contributed by atoms with Crippen molar-refractivity contribution in [1.82, 2.24) is 0 Å². The van der Waals surface area contributed by atoms with Crippen molar-refractivity contribution in [3.05, 3.63) is 0 Å². The maximum Gasteiger partial charge on any atom is 0.0673 e. The molecule has 0 fully saturated rings. The fraction of sp³-hybridized carbons (Fsp3) is 0.800. The third-order valence-electron chi connectivity index (χ3n) is 0.847. The lowest BCUT2D eigenvalue weighted by molar-refractivity contribution is 0.539. The van der Waals surface area contributed by atoms with Crippen LogP contribution in [0.5, 0.6) is 0 Å². The van der Waals surface area contributed by atoms with Crippen LogP contribution >= 0.6 is 0 Å². The summed E-state index contributed by atoms with van der Waals surface area (Å²) >= 11 is -2.25. The van der Waals surface area contributed by atoms with Crippen molar-refractivity contribution in [3.8, 4) is 0 Å². The zero-order valence-electron chi connectivity index (χ0n) is 5.37. The van der Waals surface area contributed by atoms with Crippen molar-refractivity contribution in [2.45, 2.75) is 26.2 Å². The highest BCUT2D eigenvalue weighted by Crippen LogP contribution is 1.89. The summed E-state index contributed by atoms with van der Waals surface area (Å²) in [4.78, 5) is 0. The molecule has 0 amide bonds. The topological polar surface area (TPSA) is 52.5 Å². The first kappa shape index (κ1) is 8.78. The van der Waals surface area contributed by atoms with E-state index in [0.717, 1.165) is 19.3 Å². The van der Waals surface area contributed by atoms with E-state index in [9.17, 15) is 8.76 Å². The van der Waals surface area contributed by atoms with E-state index < -0.39 is 11.3 Å². The van der Waals surface area contributed by atoms with Crippen LogP contribution in [-0.2, 0) is 11.3 Å². The first-order valence-corrected chi connectivity index (χ1v) is 3.92. The van der Waals surface area contributed by atoms with E-state index in [1.54, 1.807) is 0 Å². The molecule has 3 nitrogen and oxygen atoms in total. The Morgan fingerprint density at radius 2 is 2.44 bits per heavy atom. The first-order valence-electron chi connectivity index (χ1n) is 2.89. The molecule has 0 N–H and O–H groups in total. The third kappa shape index (κ3) is 7.78. The van der Waals surface area contributed by atoms with Gasteiger partial charge in [0.05, 0.1) is 11.3 Å². The van der Waals surface area contributed by atoms with Gasteiger partial charge < -0.3 is 4.55 Å². The van der Waals surface area contributed by atoms with Crippen LogP contribution in [-0.4, -0.2) is 15.0 Å². The molecule has 0 saturated heterocycles. The van der Waals surface area contributed by atoms with Gasteiger partial charge in [0.2, 0.25) is 0 Å². The van der Waals surface area contributed by atoms with Crippen molar-refractivity contribution >= 4 is 17.5 Å². The van der Waals surface area contributed by atoms with E-state index in [2.05, 4.69) is 4.40 Å². The minimum atomic E-state index is -2.25. The van der Waals surface area contributed by atoms with E-state index in [0.29, 0.717) is 0 Å². The minimum absolute atomic E-state index is 0.754. The lowest BCUT2D eigenvalue weighted by atomic mass is 10.3. The summed E-state index contributed by atoms with van der Waals surface area (Å²) in [7, 11) is 0. The molecule has 0 aromatic heterocycles. The summed E-state index contributed by atoms with van der Waals surface area (Å²) < 4.78 is 22.7. The van der Waals surface area contributed by atoms with Gasteiger partial charge in [-0.2, -0.15) is 0 Å². The maximum absolute atomic E-state index is 9.76. The van der Waals surface area contributed by atoms with Crippen LogP contribution < -0.4 is 0 Å². The second-order valence-corrected chi connectivity index (χ2v) is 2.29. The van der Waals surface area contributed by atoms with Gasteiger partial charge in [0, 0.05) is 6.21 Å². The minimum Gasteiger partial charge on any atom is -0.754 e. The second-order valence-electron chi connectivity index (χ2n) is 1.65. The number of nitrogens with zero attached hydrogens (tertiary/aromatic N) is 1. The largest absolute Gasteiger partial charge is 0.754 e. The summed E-state index contributed by atoms with van der Waals surface area (Å²) in [5, 5.41) is 0. The molecule has 0 aromatic carbocycles. The quantitative estimate of drug-likeness (QED) is 0.340. The van der Waals surface area contributed by atoms with Crippen LogP contribution in [0, 0.1) is 0 Å². The highest BCUT2D eigenvalue weighted by atomic mass is 32.2.